The molecule has 33 heavy (non-hydrogen) atoms. The Labute approximate surface area is 200 Å². The van der Waals surface area contributed by atoms with Crippen LogP contribution in [0.15, 0.2) is 83.8 Å². The van der Waals surface area contributed by atoms with Crippen LogP contribution in [-0.4, -0.2) is 17.5 Å². The first-order valence-electron chi connectivity index (χ1n) is 10.1. The summed E-state index contributed by atoms with van der Waals surface area (Å²) in [6.07, 6.45) is 0. The highest BCUT2D eigenvalue weighted by atomic mass is 35.5. The zero-order valence-corrected chi connectivity index (χ0v) is 19.7. The van der Waals surface area contributed by atoms with Crippen LogP contribution >= 0.6 is 23.2 Å². The van der Waals surface area contributed by atoms with E-state index in [0.29, 0.717) is 32.0 Å². The lowest BCUT2D eigenvalue weighted by Crippen LogP contribution is -2.12. The van der Waals surface area contributed by atoms with Crippen molar-refractivity contribution in [1.29, 1.82) is 0 Å². The third kappa shape index (κ3) is 3.80. The monoisotopic (exact) mass is 496 g/mol. The van der Waals surface area contributed by atoms with Crippen LogP contribution < -0.4 is 5.32 Å². The third-order valence-electron chi connectivity index (χ3n) is 5.45. The van der Waals surface area contributed by atoms with Gasteiger partial charge in [0.25, 0.3) is 10.0 Å². The van der Waals surface area contributed by atoms with Gasteiger partial charge in [-0.15, -0.1) is 0 Å². The number of anilines is 2. The molecule has 0 saturated carbocycles. The van der Waals surface area contributed by atoms with Crippen LogP contribution in [0.3, 0.4) is 0 Å². The Morgan fingerprint density at radius 3 is 2.15 bits per heavy atom. The van der Waals surface area contributed by atoms with E-state index in [4.69, 9.17) is 23.2 Å². The molecule has 0 saturated heterocycles. The summed E-state index contributed by atoms with van der Waals surface area (Å²) in [6.45, 7) is 1.89. The maximum absolute atomic E-state index is 13.7. The predicted octanol–water partition coefficient (Wildman–Crippen LogP) is 7.10. The van der Waals surface area contributed by atoms with Gasteiger partial charge in [0.2, 0.25) is 0 Å². The first-order chi connectivity index (χ1) is 15.7. The first-order valence-corrected chi connectivity index (χ1v) is 12.3. The number of nitrogens with one attached hydrogen (secondary N) is 1. The molecule has 5 aromatic rings. The van der Waals surface area contributed by atoms with E-state index in [-0.39, 0.29) is 16.2 Å². The van der Waals surface area contributed by atoms with E-state index < -0.39 is 10.0 Å². The lowest BCUT2D eigenvalue weighted by Gasteiger charge is -2.12. The molecular formula is C25H18Cl2N2O3S. The quantitative estimate of drug-likeness (QED) is 0.278. The Morgan fingerprint density at radius 2 is 1.45 bits per heavy atom. The smallest absolute Gasteiger partial charge is 0.268 e. The number of fused-ring (bicyclic) bond motifs is 3. The van der Waals surface area contributed by atoms with Gasteiger partial charge in [-0.25, -0.2) is 12.4 Å². The van der Waals surface area contributed by atoms with E-state index in [2.05, 4.69) is 5.32 Å². The van der Waals surface area contributed by atoms with Crippen molar-refractivity contribution in [2.75, 3.05) is 5.32 Å². The molecule has 0 radical (unpaired) electrons. The van der Waals surface area contributed by atoms with Gasteiger partial charge in [0.15, 0.2) is 0 Å². The van der Waals surface area contributed by atoms with E-state index >= 15 is 0 Å². The SMILES string of the molecule is Cc1ccc(S(=O)(=O)n2c3ccc(Cl)cc3c3cc(Nc4ccc(Cl)cc4)cc(O)c32)cc1. The zero-order chi connectivity index (χ0) is 23.3. The Hall–Kier alpha value is -3.19. The molecule has 0 amide bonds. The minimum absolute atomic E-state index is 0.129. The van der Waals surface area contributed by atoms with E-state index in [1.54, 1.807) is 60.7 Å². The summed E-state index contributed by atoms with van der Waals surface area (Å²) >= 11 is 12.2. The second kappa shape index (κ2) is 7.99. The number of benzene rings is 4. The van der Waals surface area contributed by atoms with Gasteiger partial charge in [0, 0.05) is 38.3 Å². The second-order valence-electron chi connectivity index (χ2n) is 7.77. The van der Waals surface area contributed by atoms with E-state index in [9.17, 15) is 13.5 Å². The Balaban J connectivity index is 1.77. The van der Waals surface area contributed by atoms with Crippen molar-refractivity contribution in [3.05, 3.63) is 94.5 Å². The summed E-state index contributed by atoms with van der Waals surface area (Å²) in [5.74, 6) is -0.174. The topological polar surface area (TPSA) is 71.3 Å². The molecule has 0 aliphatic heterocycles. The van der Waals surface area contributed by atoms with Gasteiger partial charge in [0.05, 0.1) is 10.4 Å². The van der Waals surface area contributed by atoms with Crippen molar-refractivity contribution in [1.82, 2.24) is 3.97 Å². The molecule has 5 nitrogen and oxygen atoms in total. The standard InChI is InChI=1S/C25H18Cl2N2O3S/c1-15-2-9-20(10-3-15)33(31,32)29-23-11-6-17(27)12-21(23)22-13-19(14-24(30)25(22)29)28-18-7-4-16(26)5-8-18/h2-14,28,30H,1H3. The fraction of sp³-hybridized carbons (Fsp3) is 0.0400. The van der Waals surface area contributed by atoms with Crippen molar-refractivity contribution in [3.8, 4) is 5.75 Å². The molecule has 8 heteroatoms. The molecule has 0 atom stereocenters. The number of aryl methyl sites for hydroxylation is 1. The van der Waals surface area contributed by atoms with Crippen molar-refractivity contribution in [2.45, 2.75) is 11.8 Å². The maximum atomic E-state index is 13.7. The minimum atomic E-state index is -4.00. The normalized spacial score (nSPS) is 11.8. The maximum Gasteiger partial charge on any atom is 0.268 e. The van der Waals surface area contributed by atoms with Crippen molar-refractivity contribution < 1.29 is 13.5 Å². The largest absolute Gasteiger partial charge is 0.506 e. The van der Waals surface area contributed by atoms with Gasteiger partial charge in [-0.05, 0) is 67.6 Å². The molecular weight excluding hydrogens is 479 g/mol. The number of nitrogens with zero attached hydrogens (tertiary/aromatic N) is 1. The fourth-order valence-electron chi connectivity index (χ4n) is 3.90. The molecule has 0 unspecified atom stereocenters. The molecule has 0 aliphatic carbocycles. The molecule has 5 rings (SSSR count). The highest BCUT2D eigenvalue weighted by Crippen LogP contribution is 2.40. The highest BCUT2D eigenvalue weighted by molar-refractivity contribution is 7.90. The third-order valence-corrected chi connectivity index (χ3v) is 7.67. The number of halogens is 2. The van der Waals surface area contributed by atoms with Gasteiger partial charge < -0.3 is 10.4 Å². The summed E-state index contributed by atoms with van der Waals surface area (Å²) < 4.78 is 28.5. The summed E-state index contributed by atoms with van der Waals surface area (Å²) in [6, 6.07) is 22.0. The number of phenolic OH excluding ortho intramolecular Hbond substituents is 1. The van der Waals surface area contributed by atoms with Gasteiger partial charge in [0.1, 0.15) is 11.3 Å². The number of hydrogen-bond acceptors (Lipinski definition) is 4. The van der Waals surface area contributed by atoms with Crippen LogP contribution in [0.4, 0.5) is 11.4 Å². The number of rotatable bonds is 4. The fourth-order valence-corrected chi connectivity index (χ4v) is 5.74. The Bertz CT molecular complexity index is 1630. The number of aromatic nitrogens is 1. The molecule has 2 N–H and O–H groups in total. The number of aromatic hydroxyl groups is 1. The zero-order valence-electron chi connectivity index (χ0n) is 17.4. The predicted molar refractivity (Wildman–Crippen MR) is 135 cm³/mol. The van der Waals surface area contributed by atoms with Gasteiger partial charge in [-0.2, -0.15) is 0 Å². The minimum Gasteiger partial charge on any atom is -0.506 e. The molecule has 0 fully saturated rings. The summed E-state index contributed by atoms with van der Waals surface area (Å²) in [5.41, 5.74) is 2.92. The first kappa shape index (κ1) is 21.6. The van der Waals surface area contributed by atoms with Crippen LogP contribution in [0, 0.1) is 6.92 Å². The molecule has 166 valence electrons. The van der Waals surface area contributed by atoms with E-state index in [0.717, 1.165) is 11.3 Å². The van der Waals surface area contributed by atoms with E-state index in [1.165, 1.54) is 10.0 Å². The van der Waals surface area contributed by atoms with Crippen LogP contribution in [-0.2, 0) is 10.0 Å². The van der Waals surface area contributed by atoms with Crippen LogP contribution in [0.5, 0.6) is 5.75 Å². The van der Waals surface area contributed by atoms with E-state index in [1.807, 2.05) is 19.1 Å². The number of phenols is 1. The highest BCUT2D eigenvalue weighted by Gasteiger charge is 2.26. The molecule has 0 aliphatic rings. The van der Waals surface area contributed by atoms with Crippen LogP contribution in [0.2, 0.25) is 10.0 Å². The lowest BCUT2D eigenvalue weighted by molar-refractivity contribution is 0.480. The van der Waals surface area contributed by atoms with Crippen molar-refractivity contribution in [2.24, 2.45) is 0 Å². The average Bonchev–Trinajstić information content (AvgIpc) is 3.10. The van der Waals surface area contributed by atoms with Crippen molar-refractivity contribution in [3.63, 3.8) is 0 Å². The molecule has 0 spiro atoms. The molecule has 1 aromatic heterocycles. The van der Waals surface area contributed by atoms with Crippen LogP contribution in [0.1, 0.15) is 5.56 Å². The van der Waals surface area contributed by atoms with Crippen molar-refractivity contribution >= 4 is 66.4 Å². The molecule has 1 heterocycles. The average molecular weight is 497 g/mol. The summed E-state index contributed by atoms with van der Waals surface area (Å²) in [7, 11) is -4.00. The molecule has 4 aromatic carbocycles. The Morgan fingerprint density at radius 1 is 0.788 bits per heavy atom. The second-order valence-corrected chi connectivity index (χ2v) is 10.4. The summed E-state index contributed by atoms with van der Waals surface area (Å²) in [4.78, 5) is 0.129. The van der Waals surface area contributed by atoms with Gasteiger partial charge in [-0.3, -0.25) is 0 Å². The number of hydrogen-bond donors (Lipinski definition) is 2. The Kier molecular flexibility index (Phi) is 5.24. The van der Waals surface area contributed by atoms with Gasteiger partial charge >= 0.3 is 0 Å². The summed E-state index contributed by atoms with van der Waals surface area (Å²) in [5, 5.41) is 16.5. The molecule has 0 bridgehead atoms. The van der Waals surface area contributed by atoms with Crippen LogP contribution in [0.25, 0.3) is 21.8 Å². The van der Waals surface area contributed by atoms with Gasteiger partial charge in [-0.1, -0.05) is 40.9 Å². The lowest BCUT2D eigenvalue weighted by atomic mass is 10.1.